The Kier molecular flexibility index (Phi) is 6.98. The molecule has 0 aliphatic rings. The third-order valence-electron chi connectivity index (χ3n) is 4.59. The van der Waals surface area contributed by atoms with Crippen molar-refractivity contribution in [3.05, 3.63) is 100 Å². The van der Waals surface area contributed by atoms with Crippen LogP contribution in [0.5, 0.6) is 0 Å². The predicted octanol–water partition coefficient (Wildman–Crippen LogP) is 2.02. The highest BCUT2D eigenvalue weighted by molar-refractivity contribution is 7.89. The Balaban J connectivity index is 1.56. The van der Waals surface area contributed by atoms with E-state index in [0.717, 1.165) is 23.3 Å². The molecule has 31 heavy (non-hydrogen) atoms. The van der Waals surface area contributed by atoms with Crippen LogP contribution in [0, 0.1) is 5.82 Å². The number of amides is 1. The molecule has 2 N–H and O–H groups in total. The van der Waals surface area contributed by atoms with Crippen LogP contribution in [-0.4, -0.2) is 24.9 Å². The topological polar surface area (TPSA) is 97.3 Å². The van der Waals surface area contributed by atoms with Gasteiger partial charge in [-0.2, -0.15) is 4.72 Å². The monoisotopic (exact) mass is 443 g/mol. The number of hydrogen-bond donors (Lipinski definition) is 2. The Morgan fingerprint density at radius 1 is 1.00 bits per heavy atom. The molecule has 0 aliphatic heterocycles. The fourth-order valence-corrected chi connectivity index (χ4v) is 4.19. The van der Waals surface area contributed by atoms with Gasteiger partial charge in [-0.1, -0.05) is 42.5 Å². The number of benzene rings is 2. The summed E-state index contributed by atoms with van der Waals surface area (Å²) >= 11 is 0. The van der Waals surface area contributed by atoms with Gasteiger partial charge in [0.05, 0.1) is 12.6 Å². The molecule has 1 heterocycles. The Morgan fingerprint density at radius 3 is 2.32 bits per heavy atom. The fourth-order valence-electron chi connectivity index (χ4n) is 2.91. The molecule has 1 atom stereocenters. The average molecular weight is 444 g/mol. The number of carbonyl (C=O) groups excluding carboxylic acids is 1. The minimum atomic E-state index is -4.17. The number of pyridine rings is 1. The van der Waals surface area contributed by atoms with Crippen LogP contribution >= 0.6 is 0 Å². The molecule has 1 aromatic heterocycles. The van der Waals surface area contributed by atoms with Crippen molar-refractivity contribution in [1.82, 2.24) is 14.6 Å². The quantitative estimate of drug-likeness (QED) is 0.557. The molecule has 162 valence electrons. The van der Waals surface area contributed by atoms with Gasteiger partial charge in [-0.05, 0) is 36.2 Å². The lowest BCUT2D eigenvalue weighted by Gasteiger charge is -2.15. The van der Waals surface area contributed by atoms with Crippen LogP contribution in [0.1, 0.15) is 18.1 Å². The van der Waals surface area contributed by atoms with Gasteiger partial charge in [-0.3, -0.25) is 9.59 Å². The fraction of sp³-hybridized carbons (Fsp3) is 0.182. The van der Waals surface area contributed by atoms with Crippen molar-refractivity contribution in [2.75, 3.05) is 0 Å². The molecule has 7 nitrogen and oxygen atoms in total. The molecule has 0 saturated carbocycles. The highest BCUT2D eigenvalue weighted by atomic mass is 32.2. The van der Waals surface area contributed by atoms with E-state index in [1.54, 1.807) is 22.9 Å². The number of nitrogens with zero attached hydrogens (tertiary/aromatic N) is 1. The van der Waals surface area contributed by atoms with Crippen molar-refractivity contribution in [3.63, 3.8) is 0 Å². The zero-order chi connectivity index (χ0) is 22.4. The Bertz CT molecular complexity index is 1220. The molecule has 2 aromatic carbocycles. The van der Waals surface area contributed by atoms with Gasteiger partial charge in [0.15, 0.2) is 0 Å². The highest BCUT2D eigenvalue weighted by Gasteiger charge is 2.24. The Hall–Kier alpha value is -3.30. The minimum absolute atomic E-state index is 0.0920. The maximum Gasteiger partial charge on any atom is 0.250 e. The standard InChI is InChI=1S/C22H22FN3O4S/c1-16(25-31(29,30)20-7-3-2-6-19(20)23)22(28)24-14-17-9-11-18(12-10-17)15-26-13-5-4-8-21(26)27/h2-13,16,25H,14-15H2,1H3,(H,24,28)/t16-/m0/s1. The van der Waals surface area contributed by atoms with E-state index in [0.29, 0.717) is 6.54 Å². The van der Waals surface area contributed by atoms with E-state index in [2.05, 4.69) is 10.0 Å². The molecule has 3 rings (SSSR count). The van der Waals surface area contributed by atoms with Crippen molar-refractivity contribution < 1.29 is 17.6 Å². The molecule has 0 unspecified atom stereocenters. The zero-order valence-electron chi connectivity index (χ0n) is 16.8. The van der Waals surface area contributed by atoms with E-state index >= 15 is 0 Å². The van der Waals surface area contributed by atoms with Crippen LogP contribution in [0.15, 0.2) is 82.6 Å². The first-order chi connectivity index (χ1) is 14.8. The number of aromatic nitrogens is 1. The lowest BCUT2D eigenvalue weighted by Crippen LogP contribution is -2.44. The second kappa shape index (κ2) is 9.67. The molecule has 9 heteroatoms. The molecule has 0 bridgehead atoms. The average Bonchev–Trinajstić information content (AvgIpc) is 2.74. The smallest absolute Gasteiger partial charge is 0.250 e. The summed E-state index contributed by atoms with van der Waals surface area (Å²) < 4.78 is 42.1. The normalized spacial score (nSPS) is 12.3. The molecule has 1 amide bonds. The van der Waals surface area contributed by atoms with Crippen molar-refractivity contribution in [1.29, 1.82) is 0 Å². The van der Waals surface area contributed by atoms with E-state index in [1.807, 2.05) is 24.3 Å². The van der Waals surface area contributed by atoms with Crippen molar-refractivity contribution >= 4 is 15.9 Å². The summed E-state index contributed by atoms with van der Waals surface area (Å²) in [7, 11) is -4.17. The summed E-state index contributed by atoms with van der Waals surface area (Å²) in [5.74, 6) is -1.43. The molecule has 0 radical (unpaired) electrons. The molecular weight excluding hydrogens is 421 g/mol. The highest BCUT2D eigenvalue weighted by Crippen LogP contribution is 2.13. The second-order valence-electron chi connectivity index (χ2n) is 6.97. The van der Waals surface area contributed by atoms with Gasteiger partial charge in [0.1, 0.15) is 10.7 Å². The van der Waals surface area contributed by atoms with Gasteiger partial charge in [-0.25, -0.2) is 12.8 Å². The van der Waals surface area contributed by atoms with E-state index in [4.69, 9.17) is 0 Å². The molecule has 0 aliphatic carbocycles. The van der Waals surface area contributed by atoms with Crippen LogP contribution in [0.4, 0.5) is 4.39 Å². The number of rotatable bonds is 8. The maximum atomic E-state index is 13.8. The van der Waals surface area contributed by atoms with E-state index in [1.165, 1.54) is 25.1 Å². The molecule has 0 fully saturated rings. The van der Waals surface area contributed by atoms with Gasteiger partial charge >= 0.3 is 0 Å². The number of halogens is 1. The second-order valence-corrected chi connectivity index (χ2v) is 8.66. The van der Waals surface area contributed by atoms with Crippen molar-refractivity contribution in [2.24, 2.45) is 0 Å². The summed E-state index contributed by atoms with van der Waals surface area (Å²) in [6, 6.07) is 16.2. The number of nitrogens with one attached hydrogen (secondary N) is 2. The van der Waals surface area contributed by atoms with Gasteiger partial charge in [0.25, 0.3) is 5.56 Å². The third-order valence-corrected chi connectivity index (χ3v) is 6.17. The number of sulfonamides is 1. The van der Waals surface area contributed by atoms with Crippen molar-refractivity contribution in [2.45, 2.75) is 31.0 Å². The van der Waals surface area contributed by atoms with Crippen LogP contribution in [-0.2, 0) is 27.9 Å². The summed E-state index contributed by atoms with van der Waals surface area (Å²) in [4.78, 5) is 23.6. The van der Waals surface area contributed by atoms with E-state index in [9.17, 15) is 22.4 Å². The maximum absolute atomic E-state index is 13.8. The first kappa shape index (κ1) is 22.4. The molecule has 0 saturated heterocycles. The summed E-state index contributed by atoms with van der Waals surface area (Å²) in [5, 5.41) is 2.65. The summed E-state index contributed by atoms with van der Waals surface area (Å²) in [5.41, 5.74) is 1.64. The molecule has 0 spiro atoms. The number of carbonyl (C=O) groups is 1. The first-order valence-electron chi connectivity index (χ1n) is 9.54. The summed E-state index contributed by atoms with van der Waals surface area (Å²) in [6.07, 6.45) is 1.71. The van der Waals surface area contributed by atoms with Crippen LogP contribution < -0.4 is 15.6 Å². The van der Waals surface area contributed by atoms with Crippen LogP contribution in [0.3, 0.4) is 0 Å². The van der Waals surface area contributed by atoms with Gasteiger partial charge < -0.3 is 9.88 Å². The zero-order valence-corrected chi connectivity index (χ0v) is 17.6. The minimum Gasteiger partial charge on any atom is -0.351 e. The van der Waals surface area contributed by atoms with Crippen LogP contribution in [0.25, 0.3) is 0 Å². The third kappa shape index (κ3) is 5.87. The number of hydrogen-bond acceptors (Lipinski definition) is 4. The summed E-state index contributed by atoms with van der Waals surface area (Å²) in [6.45, 7) is 2.01. The lowest BCUT2D eigenvalue weighted by molar-refractivity contribution is -0.122. The first-order valence-corrected chi connectivity index (χ1v) is 11.0. The largest absolute Gasteiger partial charge is 0.351 e. The van der Waals surface area contributed by atoms with E-state index in [-0.39, 0.29) is 12.1 Å². The Morgan fingerprint density at radius 2 is 1.65 bits per heavy atom. The predicted molar refractivity (Wildman–Crippen MR) is 114 cm³/mol. The van der Waals surface area contributed by atoms with Crippen molar-refractivity contribution in [3.8, 4) is 0 Å². The Labute approximate surface area is 179 Å². The van der Waals surface area contributed by atoms with E-state index < -0.39 is 32.7 Å². The SMILES string of the molecule is C[C@H](NS(=O)(=O)c1ccccc1F)C(=O)NCc1ccc(Cn2ccccc2=O)cc1. The van der Waals surface area contributed by atoms with Gasteiger partial charge in [0, 0.05) is 18.8 Å². The van der Waals surface area contributed by atoms with Crippen LogP contribution in [0.2, 0.25) is 0 Å². The lowest BCUT2D eigenvalue weighted by atomic mass is 10.1. The molecular formula is C22H22FN3O4S. The van der Waals surface area contributed by atoms with Gasteiger partial charge in [0.2, 0.25) is 15.9 Å². The van der Waals surface area contributed by atoms with Gasteiger partial charge in [-0.15, -0.1) is 0 Å². The molecule has 3 aromatic rings.